The van der Waals surface area contributed by atoms with E-state index in [4.69, 9.17) is 0 Å². The first-order valence-electron chi connectivity index (χ1n) is 6.37. The molecule has 1 unspecified atom stereocenters. The maximum atomic E-state index is 12.2. The lowest BCUT2D eigenvalue weighted by Gasteiger charge is -2.20. The molecular formula is C14H18N2O2S. The number of anilines is 1. The molecule has 0 saturated carbocycles. The third-order valence-electron chi connectivity index (χ3n) is 3.31. The zero-order valence-electron chi connectivity index (χ0n) is 11.1. The average molecular weight is 278 g/mol. The van der Waals surface area contributed by atoms with E-state index in [0.717, 1.165) is 4.90 Å². The number of hydrogen-bond donors (Lipinski definition) is 2. The van der Waals surface area contributed by atoms with E-state index in [1.807, 2.05) is 32.0 Å². The van der Waals surface area contributed by atoms with Gasteiger partial charge in [-0.15, -0.1) is 12.6 Å². The summed E-state index contributed by atoms with van der Waals surface area (Å²) in [5.41, 5.74) is 0.686. The third-order valence-corrected chi connectivity index (χ3v) is 3.70. The molecule has 0 radical (unpaired) electrons. The van der Waals surface area contributed by atoms with Crippen molar-refractivity contribution in [2.24, 2.45) is 5.92 Å². The second kappa shape index (κ2) is 5.65. The van der Waals surface area contributed by atoms with Crippen molar-refractivity contribution in [1.82, 2.24) is 4.90 Å². The number of nitrogens with zero attached hydrogens (tertiary/aromatic N) is 1. The van der Waals surface area contributed by atoms with E-state index in [1.54, 1.807) is 11.0 Å². The molecule has 1 saturated heterocycles. The first-order chi connectivity index (χ1) is 8.99. The van der Waals surface area contributed by atoms with Gasteiger partial charge in [0.25, 0.3) is 0 Å². The highest BCUT2D eigenvalue weighted by Gasteiger charge is 2.35. The van der Waals surface area contributed by atoms with Gasteiger partial charge in [0.1, 0.15) is 0 Å². The van der Waals surface area contributed by atoms with Gasteiger partial charge in [-0.3, -0.25) is 9.59 Å². The zero-order valence-corrected chi connectivity index (χ0v) is 12.0. The molecule has 1 heterocycles. The molecule has 1 aromatic rings. The Labute approximate surface area is 118 Å². The Kier molecular flexibility index (Phi) is 4.14. The van der Waals surface area contributed by atoms with Crippen LogP contribution in [-0.4, -0.2) is 29.3 Å². The summed E-state index contributed by atoms with van der Waals surface area (Å²) >= 11 is 4.29. The number of carbonyl (C=O) groups is 2. The minimum atomic E-state index is -0.275. The van der Waals surface area contributed by atoms with E-state index in [2.05, 4.69) is 17.9 Å². The summed E-state index contributed by atoms with van der Waals surface area (Å²) in [5, 5.41) is 2.84. The topological polar surface area (TPSA) is 49.4 Å². The van der Waals surface area contributed by atoms with Crippen molar-refractivity contribution in [2.45, 2.75) is 31.2 Å². The van der Waals surface area contributed by atoms with Gasteiger partial charge in [-0.25, -0.2) is 0 Å². The van der Waals surface area contributed by atoms with E-state index in [0.29, 0.717) is 18.7 Å². The zero-order chi connectivity index (χ0) is 14.0. The molecule has 102 valence electrons. The van der Waals surface area contributed by atoms with Gasteiger partial charge < -0.3 is 10.2 Å². The number of hydrogen-bond acceptors (Lipinski definition) is 3. The van der Waals surface area contributed by atoms with E-state index in [-0.39, 0.29) is 23.8 Å². The first-order valence-corrected chi connectivity index (χ1v) is 6.82. The summed E-state index contributed by atoms with van der Waals surface area (Å²) in [7, 11) is 0. The molecule has 5 heteroatoms. The van der Waals surface area contributed by atoms with Crippen molar-refractivity contribution in [1.29, 1.82) is 0 Å². The fourth-order valence-electron chi connectivity index (χ4n) is 2.22. The van der Waals surface area contributed by atoms with Crippen LogP contribution in [0.1, 0.15) is 20.3 Å². The average Bonchev–Trinajstić information content (AvgIpc) is 2.74. The molecule has 2 amide bonds. The van der Waals surface area contributed by atoms with E-state index in [9.17, 15) is 9.59 Å². The van der Waals surface area contributed by atoms with Crippen LogP contribution >= 0.6 is 12.6 Å². The molecule has 0 bridgehead atoms. The monoisotopic (exact) mass is 278 g/mol. The van der Waals surface area contributed by atoms with Gasteiger partial charge in [-0.05, 0) is 26.0 Å². The minimum Gasteiger partial charge on any atom is -0.339 e. The fraction of sp³-hybridized carbons (Fsp3) is 0.429. The Balaban J connectivity index is 2.02. The molecule has 1 aliphatic heterocycles. The van der Waals surface area contributed by atoms with Crippen molar-refractivity contribution in [2.75, 3.05) is 11.9 Å². The van der Waals surface area contributed by atoms with Crippen LogP contribution in [0.2, 0.25) is 0 Å². The third kappa shape index (κ3) is 3.10. The van der Waals surface area contributed by atoms with Crippen molar-refractivity contribution in [3.05, 3.63) is 24.3 Å². The van der Waals surface area contributed by atoms with Gasteiger partial charge in [0.2, 0.25) is 11.8 Å². The Hall–Kier alpha value is -1.49. The molecule has 1 aliphatic rings. The summed E-state index contributed by atoms with van der Waals surface area (Å²) in [6.07, 6.45) is 0.290. The number of amides is 2. The second-order valence-electron chi connectivity index (χ2n) is 5.05. The van der Waals surface area contributed by atoms with E-state index in [1.165, 1.54) is 0 Å². The quantitative estimate of drug-likeness (QED) is 0.833. The highest BCUT2D eigenvalue weighted by molar-refractivity contribution is 7.80. The maximum Gasteiger partial charge on any atom is 0.229 e. The minimum absolute atomic E-state index is 0.0503. The van der Waals surface area contributed by atoms with E-state index < -0.39 is 0 Å². The standard InChI is InChI=1S/C14H18N2O2S/c1-9(2)16-8-10(7-13(16)17)14(18)15-11-5-3-4-6-12(11)19/h3-6,9-10,19H,7-8H2,1-2H3,(H,15,18). The fourth-order valence-corrected chi connectivity index (χ4v) is 2.44. The number of carbonyl (C=O) groups excluding carboxylic acids is 2. The predicted octanol–water partition coefficient (Wildman–Crippen LogP) is 2.17. The molecule has 19 heavy (non-hydrogen) atoms. The SMILES string of the molecule is CC(C)N1CC(C(=O)Nc2ccccc2S)CC1=O. The van der Waals surface area contributed by atoms with Crippen LogP contribution in [-0.2, 0) is 9.59 Å². The van der Waals surface area contributed by atoms with Crippen LogP contribution in [0.25, 0.3) is 0 Å². The summed E-state index contributed by atoms with van der Waals surface area (Å²) < 4.78 is 0. The second-order valence-corrected chi connectivity index (χ2v) is 5.53. The number of thiol groups is 1. The largest absolute Gasteiger partial charge is 0.339 e. The molecule has 2 rings (SSSR count). The number of para-hydroxylation sites is 1. The van der Waals surface area contributed by atoms with Gasteiger partial charge in [-0.2, -0.15) is 0 Å². The van der Waals surface area contributed by atoms with Gasteiger partial charge >= 0.3 is 0 Å². The molecule has 1 atom stereocenters. The summed E-state index contributed by atoms with van der Waals surface area (Å²) in [5.74, 6) is -0.338. The summed E-state index contributed by atoms with van der Waals surface area (Å²) in [4.78, 5) is 26.4. The van der Waals surface area contributed by atoms with Crippen LogP contribution in [0.15, 0.2) is 29.2 Å². The molecule has 1 aromatic carbocycles. The molecule has 0 aliphatic carbocycles. The van der Waals surface area contributed by atoms with Gasteiger partial charge in [0.15, 0.2) is 0 Å². The number of benzene rings is 1. The molecule has 0 spiro atoms. The van der Waals surface area contributed by atoms with Crippen molar-refractivity contribution in [3.63, 3.8) is 0 Å². The Morgan fingerprint density at radius 2 is 2.11 bits per heavy atom. The highest BCUT2D eigenvalue weighted by atomic mass is 32.1. The van der Waals surface area contributed by atoms with Crippen LogP contribution in [0.5, 0.6) is 0 Å². The molecular weight excluding hydrogens is 260 g/mol. The van der Waals surface area contributed by atoms with E-state index >= 15 is 0 Å². The lowest BCUT2D eigenvalue weighted by atomic mass is 10.1. The summed E-state index contributed by atoms with van der Waals surface area (Å²) in [6, 6.07) is 7.46. The van der Waals surface area contributed by atoms with Crippen molar-refractivity contribution in [3.8, 4) is 0 Å². The molecule has 4 nitrogen and oxygen atoms in total. The normalized spacial score (nSPS) is 19.1. The van der Waals surface area contributed by atoms with Crippen LogP contribution < -0.4 is 5.32 Å². The number of rotatable bonds is 3. The van der Waals surface area contributed by atoms with Crippen molar-refractivity contribution < 1.29 is 9.59 Å². The Morgan fingerprint density at radius 1 is 1.42 bits per heavy atom. The smallest absolute Gasteiger partial charge is 0.229 e. The van der Waals surface area contributed by atoms with Gasteiger partial charge in [-0.1, -0.05) is 12.1 Å². The lowest BCUT2D eigenvalue weighted by Crippen LogP contribution is -2.33. The van der Waals surface area contributed by atoms with Crippen LogP contribution in [0.4, 0.5) is 5.69 Å². The van der Waals surface area contributed by atoms with Gasteiger partial charge in [0, 0.05) is 23.9 Å². The molecule has 1 N–H and O–H groups in total. The Bertz CT molecular complexity index is 502. The first kappa shape index (κ1) is 13.9. The van der Waals surface area contributed by atoms with Crippen molar-refractivity contribution >= 4 is 30.1 Å². The molecule has 0 aromatic heterocycles. The predicted molar refractivity (Wildman–Crippen MR) is 77.3 cm³/mol. The van der Waals surface area contributed by atoms with Gasteiger partial charge in [0.05, 0.1) is 11.6 Å². The molecule has 1 fully saturated rings. The Morgan fingerprint density at radius 3 is 2.68 bits per heavy atom. The highest BCUT2D eigenvalue weighted by Crippen LogP contribution is 2.24. The van der Waals surface area contributed by atoms with Crippen LogP contribution in [0.3, 0.4) is 0 Å². The lowest BCUT2D eigenvalue weighted by molar-refractivity contribution is -0.129. The van der Waals surface area contributed by atoms with Crippen LogP contribution in [0, 0.1) is 5.92 Å². The number of nitrogens with one attached hydrogen (secondary N) is 1. The summed E-state index contributed by atoms with van der Waals surface area (Å²) in [6.45, 7) is 4.42. The number of likely N-dealkylation sites (tertiary alicyclic amines) is 1. The maximum absolute atomic E-state index is 12.2.